The van der Waals surface area contributed by atoms with Crippen molar-refractivity contribution in [3.05, 3.63) is 66.5 Å². The van der Waals surface area contributed by atoms with Gasteiger partial charge in [0, 0.05) is 6.20 Å². The van der Waals surface area contributed by atoms with Crippen molar-refractivity contribution in [2.45, 2.75) is 0 Å². The molecule has 84 valence electrons. The Bertz CT molecular complexity index is 749. The largest absolute Gasteiger partial charge is 0.246 e. The van der Waals surface area contributed by atoms with E-state index in [1.165, 1.54) is 10.8 Å². The highest BCUT2D eigenvalue weighted by atomic mass is 14.7. The molecule has 0 saturated carbocycles. The molecule has 0 aliphatic rings. The second kappa shape index (κ2) is 4.31. The summed E-state index contributed by atoms with van der Waals surface area (Å²) in [5, 5.41) is 11.3. The monoisotopic (exact) mass is 230 g/mol. The van der Waals surface area contributed by atoms with Gasteiger partial charge in [0.15, 0.2) is 0 Å². The Hall–Kier alpha value is -2.66. The molecule has 2 aromatic carbocycles. The molecule has 2 nitrogen and oxygen atoms in total. The lowest BCUT2D eigenvalue weighted by Crippen LogP contribution is -1.85. The van der Waals surface area contributed by atoms with Gasteiger partial charge in [0.05, 0.1) is 0 Å². The number of aromatic nitrogens is 1. The fraction of sp³-hybridized carbons (Fsp3) is 0. The molecule has 2 heteroatoms. The van der Waals surface area contributed by atoms with E-state index >= 15 is 0 Å². The molecule has 0 fully saturated rings. The second-order valence-corrected chi connectivity index (χ2v) is 4.07. The van der Waals surface area contributed by atoms with E-state index in [1.807, 2.05) is 30.3 Å². The van der Waals surface area contributed by atoms with Crippen LogP contribution in [0.25, 0.3) is 21.9 Å². The van der Waals surface area contributed by atoms with Crippen molar-refractivity contribution in [3.63, 3.8) is 0 Å². The lowest BCUT2D eigenvalue weighted by Gasteiger charge is -2.06. The van der Waals surface area contributed by atoms with E-state index in [4.69, 9.17) is 5.26 Å². The van der Waals surface area contributed by atoms with Gasteiger partial charge in [-0.2, -0.15) is 5.26 Å². The predicted molar refractivity (Wildman–Crippen MR) is 71.9 cm³/mol. The summed E-state index contributed by atoms with van der Waals surface area (Å²) in [7, 11) is 0. The van der Waals surface area contributed by atoms with Crippen molar-refractivity contribution in [1.29, 1.82) is 5.26 Å². The summed E-state index contributed by atoms with van der Waals surface area (Å²) in [6.07, 6.45) is 1.68. The minimum atomic E-state index is 0.445. The van der Waals surface area contributed by atoms with Gasteiger partial charge in [0.25, 0.3) is 0 Å². The van der Waals surface area contributed by atoms with Crippen LogP contribution in [0.4, 0.5) is 0 Å². The Morgan fingerprint density at radius 2 is 1.78 bits per heavy atom. The van der Waals surface area contributed by atoms with E-state index in [0.717, 1.165) is 11.1 Å². The number of nitrogens with zero attached hydrogens (tertiary/aromatic N) is 2. The van der Waals surface area contributed by atoms with Crippen LogP contribution in [0, 0.1) is 11.3 Å². The highest BCUT2D eigenvalue weighted by molar-refractivity contribution is 5.96. The van der Waals surface area contributed by atoms with E-state index in [1.54, 1.807) is 6.20 Å². The maximum absolute atomic E-state index is 8.91. The number of hydrogen-bond donors (Lipinski definition) is 0. The topological polar surface area (TPSA) is 36.7 Å². The zero-order chi connectivity index (χ0) is 12.4. The molecule has 0 amide bonds. The molecule has 1 aromatic heterocycles. The van der Waals surface area contributed by atoms with Crippen molar-refractivity contribution in [2.24, 2.45) is 0 Å². The van der Waals surface area contributed by atoms with Crippen LogP contribution < -0.4 is 0 Å². The van der Waals surface area contributed by atoms with Gasteiger partial charge < -0.3 is 0 Å². The van der Waals surface area contributed by atoms with Crippen LogP contribution in [-0.4, -0.2) is 4.98 Å². The van der Waals surface area contributed by atoms with Crippen molar-refractivity contribution in [3.8, 4) is 17.2 Å². The van der Waals surface area contributed by atoms with Gasteiger partial charge in [0.2, 0.25) is 0 Å². The summed E-state index contributed by atoms with van der Waals surface area (Å²) < 4.78 is 0. The quantitative estimate of drug-likeness (QED) is 0.638. The summed E-state index contributed by atoms with van der Waals surface area (Å²) in [6.45, 7) is 0. The van der Waals surface area contributed by atoms with Crippen LogP contribution in [0.5, 0.6) is 0 Å². The molecule has 0 atom stereocenters. The Kier molecular flexibility index (Phi) is 2.51. The number of benzene rings is 2. The molecule has 0 spiro atoms. The van der Waals surface area contributed by atoms with Crippen LogP contribution in [-0.2, 0) is 0 Å². The smallest absolute Gasteiger partial charge is 0.141 e. The van der Waals surface area contributed by atoms with Crippen LogP contribution in [0.1, 0.15) is 5.69 Å². The molecule has 3 rings (SSSR count). The summed E-state index contributed by atoms with van der Waals surface area (Å²) in [4.78, 5) is 4.00. The Balaban J connectivity index is 2.28. The van der Waals surface area contributed by atoms with Crippen LogP contribution in [0.2, 0.25) is 0 Å². The molecule has 0 N–H and O–H groups in total. The third-order valence-electron chi connectivity index (χ3n) is 2.98. The van der Waals surface area contributed by atoms with Gasteiger partial charge in [0.1, 0.15) is 11.8 Å². The molecule has 0 bridgehead atoms. The van der Waals surface area contributed by atoms with Gasteiger partial charge >= 0.3 is 0 Å². The highest BCUT2D eigenvalue weighted by Crippen LogP contribution is 2.28. The van der Waals surface area contributed by atoms with Gasteiger partial charge in [-0.15, -0.1) is 0 Å². The Morgan fingerprint density at radius 3 is 2.67 bits per heavy atom. The van der Waals surface area contributed by atoms with Gasteiger partial charge in [-0.1, -0.05) is 42.5 Å². The SMILES string of the molecule is N#Cc1cc(-c2cccc3ccccc23)ccn1. The fourth-order valence-corrected chi connectivity index (χ4v) is 2.14. The average molecular weight is 230 g/mol. The maximum Gasteiger partial charge on any atom is 0.141 e. The highest BCUT2D eigenvalue weighted by Gasteiger charge is 2.04. The first-order valence-corrected chi connectivity index (χ1v) is 5.73. The van der Waals surface area contributed by atoms with E-state index in [-0.39, 0.29) is 0 Å². The first-order valence-electron chi connectivity index (χ1n) is 5.73. The molecule has 18 heavy (non-hydrogen) atoms. The molecule has 0 saturated heterocycles. The van der Waals surface area contributed by atoms with E-state index < -0.39 is 0 Å². The molecule has 0 aliphatic carbocycles. The predicted octanol–water partition coefficient (Wildman–Crippen LogP) is 3.77. The van der Waals surface area contributed by atoms with Crippen LogP contribution in [0.15, 0.2) is 60.8 Å². The molecule has 0 unspecified atom stereocenters. The van der Waals surface area contributed by atoms with Gasteiger partial charge in [-0.25, -0.2) is 4.98 Å². The normalized spacial score (nSPS) is 10.2. The van der Waals surface area contributed by atoms with E-state index in [2.05, 4.69) is 35.3 Å². The molecular weight excluding hydrogens is 220 g/mol. The van der Waals surface area contributed by atoms with Crippen molar-refractivity contribution >= 4 is 10.8 Å². The average Bonchev–Trinajstić information content (AvgIpc) is 2.47. The minimum Gasteiger partial charge on any atom is -0.246 e. The molecule has 3 aromatic rings. The summed E-state index contributed by atoms with van der Waals surface area (Å²) >= 11 is 0. The number of nitriles is 1. The number of hydrogen-bond acceptors (Lipinski definition) is 2. The lowest BCUT2D eigenvalue weighted by atomic mass is 9.99. The second-order valence-electron chi connectivity index (χ2n) is 4.07. The van der Waals surface area contributed by atoms with Crippen LogP contribution in [0.3, 0.4) is 0 Å². The summed E-state index contributed by atoms with van der Waals surface area (Å²) in [5.41, 5.74) is 2.60. The summed E-state index contributed by atoms with van der Waals surface area (Å²) in [6, 6.07) is 20.3. The maximum atomic E-state index is 8.91. The Labute approximate surface area is 105 Å². The Morgan fingerprint density at radius 1 is 0.944 bits per heavy atom. The van der Waals surface area contributed by atoms with E-state index in [0.29, 0.717) is 5.69 Å². The first-order chi connectivity index (χ1) is 8.88. The lowest BCUT2D eigenvalue weighted by molar-refractivity contribution is 1.27. The molecule has 0 radical (unpaired) electrons. The third kappa shape index (κ3) is 1.72. The van der Waals surface area contributed by atoms with Gasteiger partial charge in [-0.3, -0.25) is 0 Å². The number of rotatable bonds is 1. The van der Waals surface area contributed by atoms with Crippen molar-refractivity contribution < 1.29 is 0 Å². The number of fused-ring (bicyclic) bond motifs is 1. The molecule has 1 heterocycles. The van der Waals surface area contributed by atoms with E-state index in [9.17, 15) is 0 Å². The van der Waals surface area contributed by atoms with Crippen LogP contribution >= 0.6 is 0 Å². The summed E-state index contributed by atoms with van der Waals surface area (Å²) in [5.74, 6) is 0. The molecule has 0 aliphatic heterocycles. The minimum absolute atomic E-state index is 0.445. The third-order valence-corrected chi connectivity index (χ3v) is 2.98. The van der Waals surface area contributed by atoms with Crippen molar-refractivity contribution in [2.75, 3.05) is 0 Å². The zero-order valence-electron chi connectivity index (χ0n) is 9.67. The first kappa shape index (κ1) is 10.5. The zero-order valence-corrected chi connectivity index (χ0v) is 9.67. The molecular formula is C16H10N2. The standard InChI is InChI=1S/C16H10N2/c17-11-14-10-13(8-9-18-14)16-7-3-5-12-4-1-2-6-15(12)16/h1-10H. The number of pyridine rings is 1. The van der Waals surface area contributed by atoms with Crippen molar-refractivity contribution in [1.82, 2.24) is 4.98 Å². The fourth-order valence-electron chi connectivity index (χ4n) is 2.14. The van der Waals surface area contributed by atoms with Gasteiger partial charge in [-0.05, 0) is 34.0 Å².